The van der Waals surface area contributed by atoms with Crippen LogP contribution in [0.2, 0.25) is 0 Å². The van der Waals surface area contributed by atoms with Crippen LogP contribution in [0.1, 0.15) is 9.67 Å². The van der Waals surface area contributed by atoms with Crippen molar-refractivity contribution in [2.24, 2.45) is 0 Å². The van der Waals surface area contributed by atoms with Gasteiger partial charge in [0.15, 0.2) is 0 Å². The summed E-state index contributed by atoms with van der Waals surface area (Å²) in [6.45, 7) is 0.922. The lowest BCUT2D eigenvalue weighted by Gasteiger charge is -2.04. The molecule has 1 N–H and O–H groups in total. The zero-order chi connectivity index (χ0) is 14.4. The molecule has 0 saturated heterocycles. The van der Waals surface area contributed by atoms with Crippen molar-refractivity contribution in [1.82, 2.24) is 14.9 Å². The van der Waals surface area contributed by atoms with E-state index in [1.54, 1.807) is 14.2 Å². The topological polar surface area (TPSA) is 73.3 Å². The maximum Gasteiger partial charge on any atom is 0.265 e. The maximum atomic E-state index is 12.0. The van der Waals surface area contributed by atoms with Gasteiger partial charge in [-0.2, -0.15) is 0 Å². The zero-order valence-corrected chi connectivity index (χ0v) is 12.1. The van der Waals surface area contributed by atoms with E-state index in [4.69, 9.17) is 9.47 Å². The molecule has 0 aliphatic carbocycles. The van der Waals surface area contributed by atoms with Crippen LogP contribution in [0.5, 0.6) is 5.75 Å². The smallest absolute Gasteiger partial charge is 0.265 e. The number of carbonyl (C=O) groups excluding carboxylic acids is 1. The number of ether oxygens (including phenoxy) is 2. The molecule has 1 aromatic heterocycles. The highest BCUT2D eigenvalue weighted by Gasteiger charge is 2.17. The summed E-state index contributed by atoms with van der Waals surface area (Å²) in [5.41, 5.74) is 1.41. The normalized spacial score (nSPS) is 10.3. The van der Waals surface area contributed by atoms with E-state index in [1.807, 2.05) is 24.3 Å². The number of benzene rings is 1. The second-order valence-electron chi connectivity index (χ2n) is 3.93. The van der Waals surface area contributed by atoms with Gasteiger partial charge in [-0.05, 0) is 35.8 Å². The molecule has 0 spiro atoms. The Bertz CT molecular complexity index is 568. The van der Waals surface area contributed by atoms with Crippen molar-refractivity contribution in [2.45, 2.75) is 0 Å². The van der Waals surface area contributed by atoms with Crippen LogP contribution in [-0.4, -0.2) is 42.9 Å². The Labute approximate surface area is 120 Å². The highest BCUT2D eigenvalue weighted by molar-refractivity contribution is 7.08. The quantitative estimate of drug-likeness (QED) is 0.819. The SMILES string of the molecule is COCCNC(=O)c1snnc1-c1ccc(OC)cc1. The van der Waals surface area contributed by atoms with Crippen molar-refractivity contribution >= 4 is 17.4 Å². The molecule has 1 amide bonds. The van der Waals surface area contributed by atoms with Crippen molar-refractivity contribution in [3.63, 3.8) is 0 Å². The summed E-state index contributed by atoms with van der Waals surface area (Å²) in [4.78, 5) is 12.5. The van der Waals surface area contributed by atoms with Crippen LogP contribution in [0.3, 0.4) is 0 Å². The molecule has 2 rings (SSSR count). The number of rotatable bonds is 6. The van der Waals surface area contributed by atoms with Gasteiger partial charge in [0, 0.05) is 19.2 Å². The Hall–Kier alpha value is -1.99. The first kappa shape index (κ1) is 14.4. The summed E-state index contributed by atoms with van der Waals surface area (Å²) < 4.78 is 13.9. The standard InChI is InChI=1S/C13H15N3O3S/c1-18-8-7-14-13(17)12-11(15-16-20-12)9-3-5-10(19-2)6-4-9/h3-6H,7-8H2,1-2H3,(H,14,17). The van der Waals surface area contributed by atoms with Crippen LogP contribution in [0.15, 0.2) is 24.3 Å². The number of amides is 1. The van der Waals surface area contributed by atoms with Gasteiger partial charge in [-0.25, -0.2) is 0 Å². The van der Waals surface area contributed by atoms with Gasteiger partial charge in [-0.3, -0.25) is 4.79 Å². The molecule has 0 atom stereocenters. The van der Waals surface area contributed by atoms with Gasteiger partial charge in [0.2, 0.25) is 0 Å². The van der Waals surface area contributed by atoms with Crippen molar-refractivity contribution in [3.8, 4) is 17.0 Å². The lowest BCUT2D eigenvalue weighted by Crippen LogP contribution is -2.26. The number of carbonyl (C=O) groups is 1. The van der Waals surface area contributed by atoms with Crippen molar-refractivity contribution in [2.75, 3.05) is 27.4 Å². The van der Waals surface area contributed by atoms with Gasteiger partial charge in [0.05, 0.1) is 13.7 Å². The van der Waals surface area contributed by atoms with E-state index in [1.165, 1.54) is 0 Å². The first-order chi connectivity index (χ1) is 9.76. The molecule has 0 saturated carbocycles. The fourth-order valence-corrected chi connectivity index (χ4v) is 2.23. The van der Waals surface area contributed by atoms with E-state index < -0.39 is 0 Å². The fraction of sp³-hybridized carbons (Fsp3) is 0.308. The summed E-state index contributed by atoms with van der Waals surface area (Å²) in [5, 5.41) is 6.79. The monoisotopic (exact) mass is 293 g/mol. The molecular weight excluding hydrogens is 278 g/mol. The van der Waals surface area contributed by atoms with E-state index in [0.29, 0.717) is 23.7 Å². The molecular formula is C13H15N3O3S. The van der Waals surface area contributed by atoms with Crippen LogP contribution in [-0.2, 0) is 4.74 Å². The minimum atomic E-state index is -0.192. The molecule has 7 heteroatoms. The molecule has 20 heavy (non-hydrogen) atoms. The first-order valence-electron chi connectivity index (χ1n) is 6.00. The molecule has 0 fully saturated rings. The third-order valence-electron chi connectivity index (χ3n) is 2.65. The molecule has 0 aliphatic heterocycles. The van der Waals surface area contributed by atoms with E-state index >= 15 is 0 Å². The van der Waals surface area contributed by atoms with Gasteiger partial charge >= 0.3 is 0 Å². The predicted octanol–water partition coefficient (Wildman–Crippen LogP) is 1.59. The average Bonchev–Trinajstić information content (AvgIpc) is 2.97. The Kier molecular flexibility index (Phi) is 5.03. The van der Waals surface area contributed by atoms with E-state index in [0.717, 1.165) is 22.8 Å². The first-order valence-corrected chi connectivity index (χ1v) is 6.77. The molecule has 0 radical (unpaired) electrons. The number of nitrogens with zero attached hydrogens (tertiary/aromatic N) is 2. The van der Waals surface area contributed by atoms with Crippen LogP contribution in [0.4, 0.5) is 0 Å². The number of hydrogen-bond donors (Lipinski definition) is 1. The van der Waals surface area contributed by atoms with Gasteiger partial charge < -0.3 is 14.8 Å². The second-order valence-corrected chi connectivity index (χ2v) is 4.68. The molecule has 1 aromatic carbocycles. The van der Waals surface area contributed by atoms with Crippen LogP contribution in [0.25, 0.3) is 11.3 Å². The molecule has 106 valence electrons. The number of methoxy groups -OCH3 is 2. The summed E-state index contributed by atoms with van der Waals surface area (Å²) in [6, 6.07) is 7.34. The fourth-order valence-electron chi connectivity index (χ4n) is 1.62. The Morgan fingerprint density at radius 1 is 1.30 bits per heavy atom. The Balaban J connectivity index is 2.16. The van der Waals surface area contributed by atoms with Crippen molar-refractivity contribution < 1.29 is 14.3 Å². The van der Waals surface area contributed by atoms with Crippen molar-refractivity contribution in [3.05, 3.63) is 29.1 Å². The third kappa shape index (κ3) is 3.31. The minimum absolute atomic E-state index is 0.192. The highest BCUT2D eigenvalue weighted by Crippen LogP contribution is 2.25. The summed E-state index contributed by atoms with van der Waals surface area (Å²) >= 11 is 1.08. The summed E-state index contributed by atoms with van der Waals surface area (Å²) in [7, 11) is 3.19. The van der Waals surface area contributed by atoms with E-state index in [9.17, 15) is 4.79 Å². The van der Waals surface area contributed by atoms with E-state index in [2.05, 4.69) is 14.9 Å². The molecule has 0 aliphatic rings. The number of nitrogens with one attached hydrogen (secondary N) is 1. The van der Waals surface area contributed by atoms with Crippen LogP contribution in [0, 0.1) is 0 Å². The minimum Gasteiger partial charge on any atom is -0.497 e. The summed E-state index contributed by atoms with van der Waals surface area (Å²) in [5.74, 6) is 0.561. The average molecular weight is 293 g/mol. The Morgan fingerprint density at radius 3 is 2.70 bits per heavy atom. The lowest BCUT2D eigenvalue weighted by atomic mass is 10.1. The predicted molar refractivity (Wildman–Crippen MR) is 76.1 cm³/mol. The van der Waals surface area contributed by atoms with Gasteiger partial charge in [-0.15, -0.1) is 5.10 Å². The number of hydrogen-bond acceptors (Lipinski definition) is 6. The largest absolute Gasteiger partial charge is 0.497 e. The lowest BCUT2D eigenvalue weighted by molar-refractivity contribution is 0.0941. The summed E-state index contributed by atoms with van der Waals surface area (Å²) in [6.07, 6.45) is 0. The van der Waals surface area contributed by atoms with E-state index in [-0.39, 0.29) is 5.91 Å². The molecule has 2 aromatic rings. The third-order valence-corrected chi connectivity index (χ3v) is 3.37. The molecule has 0 unspecified atom stereocenters. The van der Waals surface area contributed by atoms with Crippen molar-refractivity contribution in [1.29, 1.82) is 0 Å². The van der Waals surface area contributed by atoms with Crippen LogP contribution >= 0.6 is 11.5 Å². The highest BCUT2D eigenvalue weighted by atomic mass is 32.1. The van der Waals surface area contributed by atoms with Crippen LogP contribution < -0.4 is 10.1 Å². The zero-order valence-electron chi connectivity index (χ0n) is 11.3. The number of aromatic nitrogens is 2. The Morgan fingerprint density at radius 2 is 2.05 bits per heavy atom. The van der Waals surface area contributed by atoms with Gasteiger partial charge in [-0.1, -0.05) is 4.49 Å². The molecule has 0 bridgehead atoms. The second kappa shape index (κ2) is 6.97. The maximum absolute atomic E-state index is 12.0. The van der Waals surface area contributed by atoms with Gasteiger partial charge in [0.25, 0.3) is 5.91 Å². The molecule has 1 heterocycles. The van der Waals surface area contributed by atoms with Gasteiger partial charge in [0.1, 0.15) is 16.3 Å². The molecule has 6 nitrogen and oxygen atoms in total.